The van der Waals surface area contributed by atoms with Crippen molar-refractivity contribution in [1.82, 2.24) is 0 Å². The van der Waals surface area contributed by atoms with Crippen LogP contribution in [0.15, 0.2) is 0 Å². The van der Waals surface area contributed by atoms with Gasteiger partial charge in [0.1, 0.15) is 0 Å². The van der Waals surface area contributed by atoms with Crippen molar-refractivity contribution < 1.29 is 14.6 Å². The highest BCUT2D eigenvalue weighted by atomic mass is 16.5. The van der Waals surface area contributed by atoms with Gasteiger partial charge in [-0.3, -0.25) is 4.79 Å². The molecule has 15 heavy (non-hydrogen) atoms. The molecule has 3 nitrogen and oxygen atoms in total. The van der Waals surface area contributed by atoms with Gasteiger partial charge in [0.25, 0.3) is 0 Å². The van der Waals surface area contributed by atoms with Gasteiger partial charge in [0.05, 0.1) is 19.6 Å². The fourth-order valence-electron chi connectivity index (χ4n) is 2.48. The minimum absolute atomic E-state index is 0.0690. The second kappa shape index (κ2) is 4.12. The van der Waals surface area contributed by atoms with Crippen LogP contribution in [0.4, 0.5) is 0 Å². The van der Waals surface area contributed by atoms with Gasteiger partial charge in [-0.05, 0) is 17.8 Å². The van der Waals surface area contributed by atoms with Crippen LogP contribution in [0, 0.1) is 16.7 Å². The van der Waals surface area contributed by atoms with Gasteiger partial charge >= 0.3 is 5.97 Å². The van der Waals surface area contributed by atoms with E-state index in [1.807, 2.05) is 13.8 Å². The van der Waals surface area contributed by atoms with Gasteiger partial charge in [0, 0.05) is 5.41 Å². The standard InChI is InChI=1S/C12H22O3/c1-9(2)5-12(7-15-8-12)11(3,4)6-10(13)14/h9H,5-8H2,1-4H3,(H,13,14). The molecule has 0 aromatic heterocycles. The molecule has 1 rings (SSSR count). The van der Waals surface area contributed by atoms with E-state index in [9.17, 15) is 4.79 Å². The average Bonchev–Trinajstić information content (AvgIpc) is 1.92. The zero-order valence-corrected chi connectivity index (χ0v) is 10.2. The van der Waals surface area contributed by atoms with Crippen molar-refractivity contribution >= 4 is 5.97 Å². The first kappa shape index (κ1) is 12.5. The largest absolute Gasteiger partial charge is 0.481 e. The van der Waals surface area contributed by atoms with E-state index in [2.05, 4.69) is 13.8 Å². The maximum absolute atomic E-state index is 10.8. The predicted octanol–water partition coefficient (Wildman–Crippen LogP) is 2.55. The number of aliphatic carboxylic acids is 1. The minimum Gasteiger partial charge on any atom is -0.481 e. The molecule has 1 heterocycles. The van der Waals surface area contributed by atoms with Crippen LogP contribution in [0.2, 0.25) is 0 Å². The van der Waals surface area contributed by atoms with Gasteiger partial charge in [-0.15, -0.1) is 0 Å². The van der Waals surface area contributed by atoms with Gasteiger partial charge in [0.15, 0.2) is 0 Å². The molecule has 0 aromatic rings. The van der Waals surface area contributed by atoms with Crippen molar-refractivity contribution in [2.24, 2.45) is 16.7 Å². The molecule has 0 radical (unpaired) electrons. The quantitative estimate of drug-likeness (QED) is 0.765. The summed E-state index contributed by atoms with van der Waals surface area (Å²) in [7, 11) is 0. The third-order valence-corrected chi connectivity index (χ3v) is 3.58. The Balaban J connectivity index is 2.75. The maximum atomic E-state index is 10.8. The molecular formula is C12H22O3. The second-order valence-corrected chi connectivity index (χ2v) is 5.83. The van der Waals surface area contributed by atoms with Crippen LogP contribution in [0.3, 0.4) is 0 Å². The first-order chi connectivity index (χ1) is 6.79. The van der Waals surface area contributed by atoms with Crippen LogP contribution in [-0.2, 0) is 9.53 Å². The van der Waals surface area contributed by atoms with Crippen molar-refractivity contribution in [2.75, 3.05) is 13.2 Å². The van der Waals surface area contributed by atoms with E-state index < -0.39 is 5.97 Å². The summed E-state index contributed by atoms with van der Waals surface area (Å²) >= 11 is 0. The van der Waals surface area contributed by atoms with Gasteiger partial charge < -0.3 is 9.84 Å². The molecule has 0 aromatic carbocycles. The summed E-state index contributed by atoms with van der Waals surface area (Å²) in [6, 6.07) is 0. The molecule has 88 valence electrons. The topological polar surface area (TPSA) is 46.5 Å². The zero-order chi connectivity index (χ0) is 11.7. The number of ether oxygens (including phenoxy) is 1. The molecule has 0 aliphatic carbocycles. The maximum Gasteiger partial charge on any atom is 0.303 e. The van der Waals surface area contributed by atoms with E-state index in [-0.39, 0.29) is 17.3 Å². The SMILES string of the molecule is CC(C)CC1(C(C)(C)CC(=O)O)COC1. The van der Waals surface area contributed by atoms with Crippen LogP contribution < -0.4 is 0 Å². The Kier molecular flexibility index (Phi) is 3.44. The van der Waals surface area contributed by atoms with E-state index in [4.69, 9.17) is 9.84 Å². The number of carboxylic acids is 1. The summed E-state index contributed by atoms with van der Waals surface area (Å²) in [6.45, 7) is 9.88. The highest BCUT2D eigenvalue weighted by Gasteiger charge is 2.51. The van der Waals surface area contributed by atoms with E-state index in [1.165, 1.54) is 0 Å². The normalized spacial score (nSPS) is 20.1. The lowest BCUT2D eigenvalue weighted by Gasteiger charge is -2.53. The van der Waals surface area contributed by atoms with Crippen molar-refractivity contribution in [3.63, 3.8) is 0 Å². The molecule has 0 unspecified atom stereocenters. The van der Waals surface area contributed by atoms with E-state index in [1.54, 1.807) is 0 Å². The van der Waals surface area contributed by atoms with Crippen molar-refractivity contribution in [3.8, 4) is 0 Å². The number of carbonyl (C=O) groups is 1. The Bertz CT molecular complexity index is 239. The lowest BCUT2D eigenvalue weighted by molar-refractivity contribution is -0.191. The van der Waals surface area contributed by atoms with Gasteiger partial charge in [0.2, 0.25) is 0 Å². The molecular weight excluding hydrogens is 192 g/mol. The molecule has 0 amide bonds. The number of rotatable bonds is 5. The molecule has 1 aliphatic rings. The third-order valence-electron chi connectivity index (χ3n) is 3.58. The molecule has 1 saturated heterocycles. The number of hydrogen-bond donors (Lipinski definition) is 1. The number of hydrogen-bond acceptors (Lipinski definition) is 2. The molecule has 0 spiro atoms. The summed E-state index contributed by atoms with van der Waals surface area (Å²) in [4.78, 5) is 10.8. The van der Waals surface area contributed by atoms with E-state index >= 15 is 0 Å². The van der Waals surface area contributed by atoms with Crippen molar-refractivity contribution in [1.29, 1.82) is 0 Å². The molecule has 3 heteroatoms. The predicted molar refractivity (Wildman–Crippen MR) is 58.7 cm³/mol. The summed E-state index contributed by atoms with van der Waals surface area (Å²) in [6.07, 6.45) is 1.27. The fraction of sp³-hybridized carbons (Fsp3) is 0.917. The van der Waals surface area contributed by atoms with Crippen molar-refractivity contribution in [2.45, 2.75) is 40.5 Å². The average molecular weight is 214 g/mol. The van der Waals surface area contributed by atoms with Crippen LogP contribution in [0.5, 0.6) is 0 Å². The summed E-state index contributed by atoms with van der Waals surface area (Å²) in [5.41, 5.74) is -0.110. The molecule has 0 saturated carbocycles. The monoisotopic (exact) mass is 214 g/mol. The lowest BCUT2D eigenvalue weighted by Crippen LogP contribution is -2.54. The molecule has 0 bridgehead atoms. The van der Waals surface area contributed by atoms with Gasteiger partial charge in [-0.2, -0.15) is 0 Å². The Hall–Kier alpha value is -0.570. The van der Waals surface area contributed by atoms with Crippen molar-refractivity contribution in [3.05, 3.63) is 0 Å². The highest BCUT2D eigenvalue weighted by molar-refractivity contribution is 5.67. The number of carboxylic acid groups (broad SMARTS) is 1. The minimum atomic E-state index is -0.713. The molecule has 1 N–H and O–H groups in total. The Morgan fingerprint density at radius 1 is 1.47 bits per heavy atom. The Labute approximate surface area is 91.8 Å². The molecule has 1 aliphatic heterocycles. The summed E-state index contributed by atoms with van der Waals surface area (Å²) in [5, 5.41) is 8.93. The Morgan fingerprint density at radius 3 is 2.27 bits per heavy atom. The molecule has 1 fully saturated rings. The highest BCUT2D eigenvalue weighted by Crippen LogP contribution is 2.51. The fourth-order valence-corrected chi connectivity index (χ4v) is 2.48. The van der Waals surface area contributed by atoms with E-state index in [0.717, 1.165) is 6.42 Å². The van der Waals surface area contributed by atoms with Crippen LogP contribution in [-0.4, -0.2) is 24.3 Å². The van der Waals surface area contributed by atoms with E-state index in [0.29, 0.717) is 19.1 Å². The second-order valence-electron chi connectivity index (χ2n) is 5.83. The van der Waals surface area contributed by atoms with Crippen LogP contribution in [0.25, 0.3) is 0 Å². The van der Waals surface area contributed by atoms with Crippen LogP contribution >= 0.6 is 0 Å². The first-order valence-electron chi connectivity index (χ1n) is 5.59. The Morgan fingerprint density at radius 2 is 2.00 bits per heavy atom. The third kappa shape index (κ3) is 2.51. The lowest BCUT2D eigenvalue weighted by atomic mass is 9.59. The smallest absolute Gasteiger partial charge is 0.303 e. The van der Waals surface area contributed by atoms with Gasteiger partial charge in [-0.25, -0.2) is 0 Å². The summed E-state index contributed by atoms with van der Waals surface area (Å²) in [5.74, 6) is -0.128. The van der Waals surface area contributed by atoms with Gasteiger partial charge in [-0.1, -0.05) is 27.7 Å². The van der Waals surface area contributed by atoms with Crippen LogP contribution in [0.1, 0.15) is 40.5 Å². The zero-order valence-electron chi connectivity index (χ0n) is 10.2. The molecule has 0 atom stereocenters. The first-order valence-corrected chi connectivity index (χ1v) is 5.59. The summed E-state index contributed by atoms with van der Waals surface area (Å²) < 4.78 is 5.31.